The zero-order valence-electron chi connectivity index (χ0n) is 18.5. The van der Waals surface area contributed by atoms with Crippen LogP contribution in [0.3, 0.4) is 0 Å². The first-order valence-electron chi connectivity index (χ1n) is 11.3. The van der Waals surface area contributed by atoms with Crippen molar-refractivity contribution in [2.24, 2.45) is 0 Å². The molecule has 0 radical (unpaired) electrons. The van der Waals surface area contributed by atoms with Crippen molar-refractivity contribution < 1.29 is 19.6 Å². The zero-order valence-corrected chi connectivity index (χ0v) is 19.3. The number of thioether (sulfide) groups is 1. The van der Waals surface area contributed by atoms with E-state index < -0.39 is 0 Å². The van der Waals surface area contributed by atoms with Crippen LogP contribution in [0, 0.1) is 0 Å². The van der Waals surface area contributed by atoms with Crippen molar-refractivity contribution in [3.8, 4) is 5.75 Å². The highest BCUT2D eigenvalue weighted by Crippen LogP contribution is 2.34. The number of unbranched alkanes of at least 4 members (excludes halogenated alkanes) is 1. The fourth-order valence-electron chi connectivity index (χ4n) is 3.93. The van der Waals surface area contributed by atoms with Gasteiger partial charge in [-0.3, -0.25) is 9.59 Å². The van der Waals surface area contributed by atoms with E-state index in [0.717, 1.165) is 56.7 Å². The Morgan fingerprint density at radius 1 is 1.27 bits per heavy atom. The Labute approximate surface area is 184 Å². The average molecular weight is 435 g/mol. The molecule has 30 heavy (non-hydrogen) atoms. The van der Waals surface area contributed by atoms with Gasteiger partial charge in [-0.15, -0.1) is 0 Å². The van der Waals surface area contributed by atoms with Crippen LogP contribution in [0.4, 0.5) is 0 Å². The fourth-order valence-corrected chi connectivity index (χ4v) is 5.42. The smallest absolute Gasteiger partial charge is 0.279 e. The minimum absolute atomic E-state index is 0.0218. The molecule has 2 heterocycles. The summed E-state index contributed by atoms with van der Waals surface area (Å²) in [5.74, 6) is 1.89. The minimum atomic E-state index is -0.0218. The molecule has 2 amide bonds. The lowest BCUT2D eigenvalue weighted by molar-refractivity contribution is -0.714. The second-order valence-corrected chi connectivity index (χ2v) is 9.92. The molecule has 0 aliphatic carbocycles. The van der Waals surface area contributed by atoms with Gasteiger partial charge < -0.3 is 20.3 Å². The Balaban J connectivity index is 1.49. The number of hydrogen-bond acceptors (Lipinski definition) is 4. The lowest BCUT2D eigenvalue weighted by atomic mass is 10.0. The van der Waals surface area contributed by atoms with Crippen molar-refractivity contribution in [2.75, 3.05) is 25.4 Å². The number of likely N-dealkylation sites (tertiary alicyclic amines) is 1. The van der Waals surface area contributed by atoms with E-state index in [-0.39, 0.29) is 28.8 Å². The van der Waals surface area contributed by atoms with E-state index in [1.807, 2.05) is 47.9 Å². The normalized spacial score (nSPS) is 21.4. The van der Waals surface area contributed by atoms with E-state index in [2.05, 4.69) is 24.5 Å². The number of nitrogens with zero attached hydrogens (tertiary/aromatic N) is 1. The van der Waals surface area contributed by atoms with E-state index in [9.17, 15) is 9.59 Å². The molecule has 3 N–H and O–H groups in total. The summed E-state index contributed by atoms with van der Waals surface area (Å²) in [6.07, 6.45) is 4.90. The highest BCUT2D eigenvalue weighted by Gasteiger charge is 2.48. The van der Waals surface area contributed by atoms with Gasteiger partial charge in [0.15, 0.2) is 6.04 Å². The Hall–Kier alpha value is -1.73. The van der Waals surface area contributed by atoms with Crippen LogP contribution in [0.25, 0.3) is 0 Å². The van der Waals surface area contributed by atoms with Crippen LogP contribution < -0.4 is 15.4 Å². The molecule has 0 unspecified atom stereocenters. The van der Waals surface area contributed by atoms with E-state index in [1.165, 1.54) is 0 Å². The standard InChI is InChI=1S/C23H35N3O3S/c1-4-6-15-29-19-9-7-18(8-10-19)22(28)26-13-11-23(12-14-26)25-20(16-30-23)21(27)24-17(3)5-2/h7-10,17,20,25H,4-6,11-16H2,1-3H3,(H,24,27)/p+1/t17-,20+/m1/s1. The van der Waals surface area contributed by atoms with Crippen LogP contribution in [-0.4, -0.2) is 59.1 Å². The van der Waals surface area contributed by atoms with Crippen molar-refractivity contribution >= 4 is 23.6 Å². The van der Waals surface area contributed by atoms with Crippen LogP contribution in [0.2, 0.25) is 0 Å². The number of carbonyl (C=O) groups is 2. The Bertz CT molecular complexity index is 717. The van der Waals surface area contributed by atoms with E-state index in [0.29, 0.717) is 12.2 Å². The monoisotopic (exact) mass is 434 g/mol. The van der Waals surface area contributed by atoms with Gasteiger partial charge in [-0.05, 0) is 44.0 Å². The SMILES string of the molecule is CCCCOc1ccc(C(=O)N2CCC3(CC2)[NH2+][C@H](C(=O)N[C@H](C)CC)CS3)cc1. The van der Waals surface area contributed by atoms with Crippen molar-refractivity contribution in [3.05, 3.63) is 29.8 Å². The largest absolute Gasteiger partial charge is 0.494 e. The highest BCUT2D eigenvalue weighted by molar-refractivity contribution is 8.00. The van der Waals surface area contributed by atoms with Gasteiger partial charge in [0.05, 0.1) is 12.4 Å². The second kappa shape index (κ2) is 10.5. The van der Waals surface area contributed by atoms with Crippen molar-refractivity contribution in [2.45, 2.75) is 69.8 Å². The molecule has 3 rings (SSSR count). The molecule has 0 aromatic heterocycles. The van der Waals surface area contributed by atoms with Crippen LogP contribution >= 0.6 is 11.8 Å². The van der Waals surface area contributed by atoms with Crippen molar-refractivity contribution in [1.82, 2.24) is 10.2 Å². The van der Waals surface area contributed by atoms with Crippen LogP contribution in [0.15, 0.2) is 24.3 Å². The lowest BCUT2D eigenvalue weighted by Crippen LogP contribution is -3.00. The zero-order chi connectivity index (χ0) is 21.6. The van der Waals surface area contributed by atoms with Crippen LogP contribution in [0.1, 0.15) is 63.2 Å². The third kappa shape index (κ3) is 5.70. The number of ether oxygens (including phenoxy) is 1. The average Bonchev–Trinajstić information content (AvgIpc) is 3.18. The maximum absolute atomic E-state index is 12.9. The Morgan fingerprint density at radius 3 is 2.60 bits per heavy atom. The first-order valence-corrected chi connectivity index (χ1v) is 12.3. The van der Waals surface area contributed by atoms with Crippen molar-refractivity contribution in [1.29, 1.82) is 0 Å². The number of nitrogens with one attached hydrogen (secondary N) is 1. The second-order valence-electron chi connectivity index (χ2n) is 8.49. The molecule has 1 spiro atoms. The topological polar surface area (TPSA) is 75.2 Å². The van der Waals surface area contributed by atoms with E-state index >= 15 is 0 Å². The summed E-state index contributed by atoms with van der Waals surface area (Å²) in [5, 5.41) is 5.35. The molecule has 2 aliphatic rings. The summed E-state index contributed by atoms with van der Waals surface area (Å²) in [4.78, 5) is 27.4. The molecule has 2 atom stereocenters. The molecule has 166 valence electrons. The van der Waals surface area contributed by atoms with Crippen molar-refractivity contribution in [3.63, 3.8) is 0 Å². The number of carbonyl (C=O) groups excluding carboxylic acids is 2. The molecule has 1 aromatic rings. The number of amides is 2. The number of quaternary nitrogens is 1. The molecule has 6 nitrogen and oxygen atoms in total. The fraction of sp³-hybridized carbons (Fsp3) is 0.652. The number of piperidine rings is 1. The van der Waals surface area contributed by atoms with Gasteiger partial charge in [0.1, 0.15) is 10.6 Å². The number of nitrogens with two attached hydrogens (primary N) is 1. The predicted molar refractivity (Wildman–Crippen MR) is 121 cm³/mol. The third-order valence-corrected chi connectivity index (χ3v) is 7.80. The summed E-state index contributed by atoms with van der Waals surface area (Å²) >= 11 is 1.89. The Kier molecular flexibility index (Phi) is 8.06. The summed E-state index contributed by atoms with van der Waals surface area (Å²) in [7, 11) is 0. The summed E-state index contributed by atoms with van der Waals surface area (Å²) < 4.78 is 5.69. The van der Waals surface area contributed by atoms with E-state index in [1.54, 1.807) is 0 Å². The van der Waals surface area contributed by atoms with Gasteiger partial charge in [0.2, 0.25) is 0 Å². The molecule has 2 saturated heterocycles. The summed E-state index contributed by atoms with van der Waals surface area (Å²) in [5.41, 5.74) is 0.711. The van der Waals surface area contributed by atoms with Crippen LogP contribution in [-0.2, 0) is 4.79 Å². The van der Waals surface area contributed by atoms with Gasteiger partial charge >= 0.3 is 0 Å². The summed E-state index contributed by atoms with van der Waals surface area (Å²) in [6.45, 7) is 8.44. The Morgan fingerprint density at radius 2 is 1.97 bits per heavy atom. The molecular formula is C23H36N3O3S+. The number of rotatable bonds is 8. The maximum atomic E-state index is 12.9. The molecule has 1 aromatic carbocycles. The molecule has 0 bridgehead atoms. The first kappa shape index (κ1) is 22.9. The minimum Gasteiger partial charge on any atom is -0.494 e. The van der Waals surface area contributed by atoms with Gasteiger partial charge in [-0.1, -0.05) is 32.0 Å². The molecule has 2 aliphatic heterocycles. The van der Waals surface area contributed by atoms with Gasteiger partial charge in [0.25, 0.3) is 11.8 Å². The number of benzene rings is 1. The lowest BCUT2D eigenvalue weighted by Gasteiger charge is -2.36. The molecular weight excluding hydrogens is 398 g/mol. The highest BCUT2D eigenvalue weighted by atomic mass is 32.2. The molecule has 2 fully saturated rings. The quantitative estimate of drug-likeness (QED) is 0.616. The maximum Gasteiger partial charge on any atom is 0.279 e. The third-order valence-electron chi connectivity index (χ3n) is 6.16. The summed E-state index contributed by atoms with van der Waals surface area (Å²) in [6, 6.07) is 7.69. The van der Waals surface area contributed by atoms with Gasteiger partial charge in [-0.2, -0.15) is 0 Å². The van der Waals surface area contributed by atoms with E-state index in [4.69, 9.17) is 4.74 Å². The van der Waals surface area contributed by atoms with Gasteiger partial charge in [-0.25, -0.2) is 0 Å². The predicted octanol–water partition coefficient (Wildman–Crippen LogP) is 2.39. The molecule has 7 heteroatoms. The number of hydrogen-bond donors (Lipinski definition) is 2. The first-order chi connectivity index (χ1) is 14.5. The van der Waals surface area contributed by atoms with Crippen LogP contribution in [0.5, 0.6) is 5.75 Å². The molecule has 0 saturated carbocycles. The van der Waals surface area contributed by atoms with Gasteiger partial charge in [0, 0.05) is 37.5 Å².